The van der Waals surface area contributed by atoms with Crippen LogP contribution in [0.2, 0.25) is 4.34 Å². The summed E-state index contributed by atoms with van der Waals surface area (Å²) in [5.41, 5.74) is 8.03. The number of carbonyl (C=O) groups excluding carboxylic acids is 2. The van der Waals surface area contributed by atoms with Crippen molar-refractivity contribution < 1.29 is 9.59 Å². The molecule has 1 aliphatic rings. The van der Waals surface area contributed by atoms with Crippen LogP contribution in [-0.2, 0) is 11.2 Å². The van der Waals surface area contributed by atoms with E-state index in [0.29, 0.717) is 27.4 Å². The fourth-order valence-corrected chi connectivity index (χ4v) is 5.18. The summed E-state index contributed by atoms with van der Waals surface area (Å²) in [7, 11) is 0. The van der Waals surface area contributed by atoms with Gasteiger partial charge in [0.2, 0.25) is 6.41 Å². The second kappa shape index (κ2) is 9.96. The van der Waals surface area contributed by atoms with Crippen molar-refractivity contribution in [3.63, 3.8) is 0 Å². The molecule has 3 heterocycles. The molecule has 1 saturated carbocycles. The molecule has 4 rings (SSSR count). The number of rotatable bonds is 7. The molecule has 1 fully saturated rings. The van der Waals surface area contributed by atoms with Gasteiger partial charge in [0.1, 0.15) is 21.4 Å². The van der Waals surface area contributed by atoms with Crippen LogP contribution in [0.5, 0.6) is 0 Å². The van der Waals surface area contributed by atoms with Gasteiger partial charge in [-0.2, -0.15) is 4.99 Å². The molecule has 0 radical (unpaired) electrons. The highest BCUT2D eigenvalue weighted by molar-refractivity contribution is 7.17. The number of carbonyl (C=O) groups is 2. The Bertz CT molecular complexity index is 1200. The number of aliphatic imine (C=N–C) groups is 1. The first-order valence-corrected chi connectivity index (χ1v) is 12.1. The van der Waals surface area contributed by atoms with Crippen molar-refractivity contribution in [2.75, 3.05) is 0 Å². The molecule has 11 heteroatoms. The van der Waals surface area contributed by atoms with E-state index in [9.17, 15) is 9.59 Å². The Morgan fingerprint density at radius 3 is 2.91 bits per heavy atom. The molecule has 3 N–H and O–H groups in total. The highest BCUT2D eigenvalue weighted by Gasteiger charge is 2.28. The number of fused-ring (bicyclic) bond motifs is 1. The number of amidine groups is 1. The van der Waals surface area contributed by atoms with E-state index < -0.39 is 0 Å². The summed E-state index contributed by atoms with van der Waals surface area (Å²) < 4.78 is 2.75. The Balaban J connectivity index is 1.65. The molecular weight excluding hydrogens is 462 g/mol. The SMILES string of the molecule is CC(C)Cc1nc2cnc(C(N)=NC=O)cc2n1C1CCCC(NC(=O)c2ncc(Cl)s2)C1. The number of nitrogens with two attached hydrogens (primary N) is 1. The van der Waals surface area contributed by atoms with Crippen LogP contribution in [0.15, 0.2) is 23.5 Å². The monoisotopic (exact) mass is 487 g/mol. The number of hydrogen-bond donors (Lipinski definition) is 2. The van der Waals surface area contributed by atoms with Gasteiger partial charge in [-0.15, -0.1) is 0 Å². The lowest BCUT2D eigenvalue weighted by molar-refractivity contribution is -0.106. The third-order valence-corrected chi connectivity index (χ3v) is 6.83. The Labute approximate surface area is 200 Å². The summed E-state index contributed by atoms with van der Waals surface area (Å²) in [6.07, 6.45) is 8.01. The average molecular weight is 488 g/mol. The molecule has 33 heavy (non-hydrogen) atoms. The van der Waals surface area contributed by atoms with Gasteiger partial charge in [0.25, 0.3) is 5.91 Å². The number of hydrogen-bond acceptors (Lipinski definition) is 6. The van der Waals surface area contributed by atoms with Crippen LogP contribution in [0.1, 0.15) is 66.9 Å². The smallest absolute Gasteiger partial charge is 0.280 e. The first kappa shape index (κ1) is 23.3. The Morgan fingerprint density at radius 2 is 2.21 bits per heavy atom. The second-order valence-electron chi connectivity index (χ2n) is 8.63. The molecule has 1 aliphatic carbocycles. The molecule has 0 spiro atoms. The highest BCUT2D eigenvalue weighted by atomic mass is 35.5. The molecule has 0 bridgehead atoms. The Hall–Kier alpha value is -2.85. The second-order valence-corrected chi connectivity index (χ2v) is 10.3. The number of nitrogens with one attached hydrogen (secondary N) is 1. The molecular formula is C22H26ClN7O2S. The maximum atomic E-state index is 12.6. The first-order chi connectivity index (χ1) is 15.9. The number of aromatic nitrogens is 4. The van der Waals surface area contributed by atoms with Crippen molar-refractivity contribution in [3.8, 4) is 0 Å². The van der Waals surface area contributed by atoms with Gasteiger partial charge < -0.3 is 15.6 Å². The van der Waals surface area contributed by atoms with E-state index >= 15 is 0 Å². The van der Waals surface area contributed by atoms with Crippen molar-refractivity contribution in [1.29, 1.82) is 0 Å². The number of halogens is 1. The van der Waals surface area contributed by atoms with Gasteiger partial charge in [0.15, 0.2) is 10.8 Å². The van der Waals surface area contributed by atoms with Crippen LogP contribution in [0.3, 0.4) is 0 Å². The largest absolute Gasteiger partial charge is 0.382 e. The predicted octanol–water partition coefficient (Wildman–Crippen LogP) is 3.52. The van der Waals surface area contributed by atoms with Crippen LogP contribution in [0.25, 0.3) is 11.0 Å². The van der Waals surface area contributed by atoms with Crippen molar-refractivity contribution in [3.05, 3.63) is 39.3 Å². The third-order valence-electron chi connectivity index (χ3n) is 5.71. The normalized spacial score (nSPS) is 19.2. The van der Waals surface area contributed by atoms with Gasteiger partial charge in [-0.25, -0.2) is 9.97 Å². The van der Waals surface area contributed by atoms with Crippen LogP contribution in [0.4, 0.5) is 0 Å². The number of amides is 2. The van der Waals surface area contributed by atoms with Gasteiger partial charge in [0.05, 0.1) is 17.9 Å². The van der Waals surface area contributed by atoms with E-state index in [4.69, 9.17) is 22.3 Å². The van der Waals surface area contributed by atoms with Crippen molar-refractivity contribution in [2.24, 2.45) is 16.6 Å². The number of pyridine rings is 1. The van der Waals surface area contributed by atoms with E-state index in [1.165, 1.54) is 17.5 Å². The van der Waals surface area contributed by atoms with Crippen LogP contribution >= 0.6 is 22.9 Å². The van der Waals surface area contributed by atoms with E-state index in [1.807, 2.05) is 6.07 Å². The maximum absolute atomic E-state index is 12.6. The van der Waals surface area contributed by atoms with Crippen molar-refractivity contribution in [2.45, 2.75) is 58.0 Å². The molecule has 0 saturated heterocycles. The summed E-state index contributed by atoms with van der Waals surface area (Å²) in [5, 5.41) is 3.49. The first-order valence-electron chi connectivity index (χ1n) is 10.9. The zero-order chi connectivity index (χ0) is 23.5. The zero-order valence-electron chi connectivity index (χ0n) is 18.5. The van der Waals surface area contributed by atoms with Crippen LogP contribution < -0.4 is 11.1 Å². The molecule has 2 unspecified atom stereocenters. The molecule has 174 valence electrons. The van der Waals surface area contributed by atoms with E-state index in [2.05, 4.69) is 38.7 Å². The quantitative estimate of drug-likeness (QED) is 0.298. The molecule has 3 aromatic rings. The summed E-state index contributed by atoms with van der Waals surface area (Å²) in [4.78, 5) is 40.3. The zero-order valence-corrected chi connectivity index (χ0v) is 20.1. The summed E-state index contributed by atoms with van der Waals surface area (Å²) in [5.74, 6) is 1.28. The lowest BCUT2D eigenvalue weighted by atomic mass is 9.90. The fourth-order valence-electron chi connectivity index (χ4n) is 4.36. The minimum atomic E-state index is -0.195. The lowest BCUT2D eigenvalue weighted by Gasteiger charge is -2.32. The summed E-state index contributed by atoms with van der Waals surface area (Å²) in [6, 6.07) is 2.02. The van der Waals surface area contributed by atoms with Crippen molar-refractivity contribution in [1.82, 2.24) is 24.8 Å². The minimum Gasteiger partial charge on any atom is -0.382 e. The minimum absolute atomic E-state index is 0.0197. The maximum Gasteiger partial charge on any atom is 0.280 e. The number of imidazole rings is 1. The van der Waals surface area contributed by atoms with Crippen LogP contribution in [-0.4, -0.2) is 43.7 Å². The van der Waals surface area contributed by atoms with Crippen LogP contribution in [0, 0.1) is 5.92 Å². The number of thiazole rings is 1. The Kier molecular flexibility index (Phi) is 7.04. The fraction of sp³-hybridized carbons (Fsp3) is 0.455. The number of nitrogens with zero attached hydrogens (tertiary/aromatic N) is 5. The molecule has 2 amide bonds. The van der Waals surface area contributed by atoms with Crippen molar-refractivity contribution >= 4 is 52.1 Å². The van der Waals surface area contributed by atoms with Gasteiger partial charge in [0, 0.05) is 18.5 Å². The third kappa shape index (κ3) is 5.22. The van der Waals surface area contributed by atoms with Gasteiger partial charge >= 0.3 is 0 Å². The molecule has 0 aliphatic heterocycles. The standard InChI is InChI=1S/C22H26ClN7O2S/c1-12(2)6-19-29-16-9-25-15(20(24)27-11-31)8-17(16)30(19)14-5-3-4-13(7-14)28-21(32)22-26-10-18(23)33-22/h8-14H,3-7H2,1-2H3,(H,28,32)(H2,24,27,31). The summed E-state index contributed by atoms with van der Waals surface area (Å²) >= 11 is 7.11. The van der Waals surface area contributed by atoms with Gasteiger partial charge in [-0.3, -0.25) is 14.6 Å². The van der Waals surface area contributed by atoms with E-state index in [1.54, 1.807) is 6.20 Å². The van der Waals surface area contributed by atoms with Gasteiger partial charge in [-0.05, 0) is 37.7 Å². The van der Waals surface area contributed by atoms with Gasteiger partial charge in [-0.1, -0.05) is 36.8 Å². The highest BCUT2D eigenvalue weighted by Crippen LogP contribution is 2.34. The predicted molar refractivity (Wildman–Crippen MR) is 129 cm³/mol. The summed E-state index contributed by atoms with van der Waals surface area (Å²) in [6.45, 7) is 4.32. The van der Waals surface area contributed by atoms with E-state index in [-0.39, 0.29) is 23.8 Å². The topological polar surface area (TPSA) is 128 Å². The molecule has 0 aromatic carbocycles. The average Bonchev–Trinajstić information content (AvgIpc) is 3.36. The Morgan fingerprint density at radius 1 is 1.39 bits per heavy atom. The molecule has 3 aromatic heterocycles. The molecule has 9 nitrogen and oxygen atoms in total. The lowest BCUT2D eigenvalue weighted by Crippen LogP contribution is -2.39. The van der Waals surface area contributed by atoms with E-state index in [0.717, 1.165) is 49.0 Å². The molecule has 2 atom stereocenters.